The largest absolute Gasteiger partial charge is 0.480 e. The van der Waals surface area contributed by atoms with Crippen molar-refractivity contribution in [2.75, 3.05) is 6.54 Å². The minimum Gasteiger partial charge on any atom is -0.480 e. The number of nitrogens with zero attached hydrogens (tertiary/aromatic N) is 3. The molecule has 110 valence electrons. The number of carbonyl (C=O) groups excluding carboxylic acids is 1. The number of rotatable bonds is 5. The molecule has 1 aromatic heterocycles. The van der Waals surface area contributed by atoms with Crippen molar-refractivity contribution in [3.8, 4) is 0 Å². The van der Waals surface area contributed by atoms with E-state index in [1.807, 2.05) is 26.0 Å². The maximum atomic E-state index is 12.5. The first-order chi connectivity index (χ1) is 10.0. The van der Waals surface area contributed by atoms with E-state index in [4.69, 9.17) is 5.11 Å². The monoisotopic (exact) mass is 287 g/mol. The average molecular weight is 287 g/mol. The van der Waals surface area contributed by atoms with Crippen LogP contribution in [0.5, 0.6) is 0 Å². The number of amides is 1. The van der Waals surface area contributed by atoms with Gasteiger partial charge in [0.15, 0.2) is 0 Å². The summed E-state index contributed by atoms with van der Waals surface area (Å²) < 4.78 is 0. The summed E-state index contributed by atoms with van der Waals surface area (Å²) in [5.41, 5.74) is 1.47. The lowest BCUT2D eigenvalue weighted by atomic mass is 10.2. The summed E-state index contributed by atoms with van der Waals surface area (Å²) in [6, 6.07) is 7.05. The Kier molecular flexibility index (Phi) is 4.47. The van der Waals surface area contributed by atoms with E-state index in [0.717, 1.165) is 0 Å². The fourth-order valence-electron chi connectivity index (χ4n) is 2.00. The van der Waals surface area contributed by atoms with Crippen LogP contribution in [0.1, 0.15) is 30.8 Å². The molecule has 1 atom stereocenters. The summed E-state index contributed by atoms with van der Waals surface area (Å²) in [6.45, 7) is 3.37. The Balaban J connectivity index is 2.35. The number of hydrogen-bond acceptors (Lipinski definition) is 4. The van der Waals surface area contributed by atoms with Crippen LogP contribution in [0.15, 0.2) is 30.5 Å². The minimum atomic E-state index is -1.04. The Morgan fingerprint density at radius 2 is 1.95 bits per heavy atom. The van der Waals surface area contributed by atoms with E-state index in [0.29, 0.717) is 17.5 Å². The lowest BCUT2D eigenvalue weighted by Crippen LogP contribution is -2.42. The van der Waals surface area contributed by atoms with Gasteiger partial charge < -0.3 is 10.0 Å². The van der Waals surface area contributed by atoms with Crippen molar-refractivity contribution < 1.29 is 14.7 Å². The van der Waals surface area contributed by atoms with Gasteiger partial charge in [-0.05, 0) is 25.5 Å². The SMILES string of the molecule is CCC(C)N(CC(=O)O)C(=O)c1cnc2ccccc2n1. The van der Waals surface area contributed by atoms with Gasteiger partial charge in [0.05, 0.1) is 17.2 Å². The first-order valence-electron chi connectivity index (χ1n) is 6.77. The van der Waals surface area contributed by atoms with Crippen LogP contribution in [0.4, 0.5) is 0 Å². The molecule has 0 aliphatic rings. The van der Waals surface area contributed by atoms with Crippen LogP contribution in [0, 0.1) is 0 Å². The standard InChI is InChI=1S/C15H17N3O3/c1-3-10(2)18(9-14(19)20)15(21)13-8-16-11-6-4-5-7-12(11)17-13/h4-8,10H,3,9H2,1-2H3,(H,19,20). The first-order valence-corrected chi connectivity index (χ1v) is 6.77. The number of hydrogen-bond donors (Lipinski definition) is 1. The Hall–Kier alpha value is -2.50. The second-order valence-electron chi connectivity index (χ2n) is 4.83. The smallest absolute Gasteiger partial charge is 0.323 e. The van der Waals surface area contributed by atoms with E-state index < -0.39 is 11.9 Å². The molecule has 1 N–H and O–H groups in total. The predicted molar refractivity (Wildman–Crippen MR) is 78.0 cm³/mol. The van der Waals surface area contributed by atoms with Gasteiger partial charge in [0.25, 0.3) is 5.91 Å². The predicted octanol–water partition coefficient (Wildman–Crippen LogP) is 1.96. The number of carbonyl (C=O) groups is 2. The lowest BCUT2D eigenvalue weighted by molar-refractivity contribution is -0.138. The van der Waals surface area contributed by atoms with E-state index in [1.165, 1.54) is 11.1 Å². The summed E-state index contributed by atoms with van der Waals surface area (Å²) >= 11 is 0. The highest BCUT2D eigenvalue weighted by Gasteiger charge is 2.24. The molecule has 2 aromatic rings. The Morgan fingerprint density at radius 3 is 2.57 bits per heavy atom. The molecule has 2 rings (SSSR count). The molecule has 1 amide bonds. The van der Waals surface area contributed by atoms with Crippen molar-refractivity contribution in [3.05, 3.63) is 36.2 Å². The highest BCUT2D eigenvalue weighted by molar-refractivity contribution is 5.95. The Bertz CT molecular complexity index is 672. The molecule has 6 nitrogen and oxygen atoms in total. The van der Waals surface area contributed by atoms with Crippen LogP contribution in [0.3, 0.4) is 0 Å². The van der Waals surface area contributed by atoms with Crippen LogP contribution in [-0.4, -0.2) is 44.4 Å². The second-order valence-corrected chi connectivity index (χ2v) is 4.83. The van der Waals surface area contributed by atoms with Gasteiger partial charge in [-0.2, -0.15) is 0 Å². The minimum absolute atomic E-state index is 0.162. The molecule has 0 radical (unpaired) electrons. The third kappa shape index (κ3) is 3.34. The van der Waals surface area contributed by atoms with Gasteiger partial charge in [0.1, 0.15) is 12.2 Å². The molecule has 0 saturated carbocycles. The van der Waals surface area contributed by atoms with Gasteiger partial charge in [-0.25, -0.2) is 4.98 Å². The maximum absolute atomic E-state index is 12.5. The zero-order chi connectivity index (χ0) is 15.4. The van der Waals surface area contributed by atoms with Crippen molar-refractivity contribution >= 4 is 22.9 Å². The molecule has 0 aliphatic heterocycles. The van der Waals surface area contributed by atoms with Crippen molar-refractivity contribution in [1.29, 1.82) is 0 Å². The Morgan fingerprint density at radius 1 is 1.29 bits per heavy atom. The van der Waals surface area contributed by atoms with Crippen LogP contribution >= 0.6 is 0 Å². The molecule has 0 bridgehead atoms. The van der Waals surface area contributed by atoms with Crippen molar-refractivity contribution in [2.24, 2.45) is 0 Å². The first kappa shape index (κ1) is 14.9. The molecule has 1 heterocycles. The number of carboxylic acid groups (broad SMARTS) is 1. The number of carboxylic acids is 1. The number of benzene rings is 1. The molecule has 0 spiro atoms. The maximum Gasteiger partial charge on any atom is 0.323 e. The summed E-state index contributed by atoms with van der Waals surface area (Å²) in [6.07, 6.45) is 2.06. The van der Waals surface area contributed by atoms with Crippen LogP contribution in [0.2, 0.25) is 0 Å². The molecule has 6 heteroatoms. The van der Waals surface area contributed by atoms with Crippen molar-refractivity contribution in [3.63, 3.8) is 0 Å². The van der Waals surface area contributed by atoms with Gasteiger partial charge in [-0.15, -0.1) is 0 Å². The second kappa shape index (κ2) is 6.30. The number of fused-ring (bicyclic) bond motifs is 1. The number of para-hydroxylation sites is 2. The summed E-state index contributed by atoms with van der Waals surface area (Å²) in [7, 11) is 0. The molecule has 0 aliphatic carbocycles. The number of aromatic nitrogens is 2. The summed E-state index contributed by atoms with van der Waals surface area (Å²) in [5, 5.41) is 8.97. The molecular formula is C15H17N3O3. The summed E-state index contributed by atoms with van der Waals surface area (Å²) in [5.74, 6) is -1.46. The molecule has 21 heavy (non-hydrogen) atoms. The van der Waals surface area contributed by atoms with E-state index in [9.17, 15) is 9.59 Å². The van der Waals surface area contributed by atoms with Gasteiger partial charge in [0, 0.05) is 6.04 Å². The molecule has 1 aromatic carbocycles. The van der Waals surface area contributed by atoms with E-state index >= 15 is 0 Å². The van der Waals surface area contributed by atoms with Gasteiger partial charge in [0.2, 0.25) is 0 Å². The molecule has 1 unspecified atom stereocenters. The van der Waals surface area contributed by atoms with E-state index in [1.54, 1.807) is 12.1 Å². The van der Waals surface area contributed by atoms with Crippen molar-refractivity contribution in [2.45, 2.75) is 26.3 Å². The fourth-order valence-corrected chi connectivity index (χ4v) is 2.00. The topological polar surface area (TPSA) is 83.4 Å². The average Bonchev–Trinajstić information content (AvgIpc) is 2.50. The van der Waals surface area contributed by atoms with Crippen LogP contribution in [-0.2, 0) is 4.79 Å². The van der Waals surface area contributed by atoms with Crippen LogP contribution < -0.4 is 0 Å². The molecule has 0 saturated heterocycles. The molecule has 0 fully saturated rings. The third-order valence-electron chi connectivity index (χ3n) is 3.36. The van der Waals surface area contributed by atoms with Gasteiger partial charge >= 0.3 is 5.97 Å². The van der Waals surface area contributed by atoms with E-state index in [-0.39, 0.29) is 18.3 Å². The van der Waals surface area contributed by atoms with Crippen LogP contribution in [0.25, 0.3) is 11.0 Å². The normalized spacial score (nSPS) is 12.1. The zero-order valence-electron chi connectivity index (χ0n) is 12.0. The highest BCUT2D eigenvalue weighted by Crippen LogP contribution is 2.12. The lowest BCUT2D eigenvalue weighted by Gasteiger charge is -2.26. The third-order valence-corrected chi connectivity index (χ3v) is 3.36. The van der Waals surface area contributed by atoms with Crippen molar-refractivity contribution in [1.82, 2.24) is 14.9 Å². The van der Waals surface area contributed by atoms with Gasteiger partial charge in [-0.1, -0.05) is 19.1 Å². The highest BCUT2D eigenvalue weighted by atomic mass is 16.4. The fraction of sp³-hybridized carbons (Fsp3) is 0.333. The Labute approximate surface area is 122 Å². The summed E-state index contributed by atoms with van der Waals surface area (Å²) in [4.78, 5) is 33.2. The zero-order valence-corrected chi connectivity index (χ0v) is 12.0. The molecular weight excluding hydrogens is 270 g/mol. The quantitative estimate of drug-likeness (QED) is 0.908. The number of aliphatic carboxylic acids is 1. The van der Waals surface area contributed by atoms with Gasteiger partial charge in [-0.3, -0.25) is 14.6 Å². The van der Waals surface area contributed by atoms with E-state index in [2.05, 4.69) is 9.97 Å².